The molecule has 0 radical (unpaired) electrons. The summed E-state index contributed by atoms with van der Waals surface area (Å²) >= 11 is 0. The maximum Gasteiger partial charge on any atom is 0.409 e. The molecule has 3 N–H and O–H groups in total. The number of carbonyl (C=O) groups is 1. The molecule has 0 aromatic heterocycles. The molecule has 0 unspecified atom stereocenters. The van der Waals surface area contributed by atoms with Crippen LogP contribution in [0.4, 0.5) is 4.79 Å². The highest BCUT2D eigenvalue weighted by atomic mass is 16.6. The van der Waals surface area contributed by atoms with Crippen LogP contribution in [0.2, 0.25) is 0 Å². The molecule has 88 valence electrons. The molecule has 1 heterocycles. The minimum Gasteiger partial charge on any atom is -0.444 e. The Kier molecular flexibility index (Phi) is 3.93. The maximum atomic E-state index is 11.4. The molecule has 1 rings (SSSR count). The quantitative estimate of drug-likeness (QED) is 0.685. The first-order chi connectivity index (χ1) is 6.87. The first-order valence-electron chi connectivity index (χ1n) is 5.23. The topological polar surface area (TPSA) is 73.6 Å². The molecule has 5 heteroatoms. The Morgan fingerprint density at radius 3 is 2.60 bits per heavy atom. The van der Waals surface area contributed by atoms with Crippen LogP contribution >= 0.6 is 0 Å². The van der Waals surface area contributed by atoms with Crippen LogP contribution < -0.4 is 11.1 Å². The normalized spacial score (nSPS) is 27.2. The second kappa shape index (κ2) is 4.81. The van der Waals surface area contributed by atoms with Gasteiger partial charge in [-0.1, -0.05) is 0 Å². The fourth-order valence-electron chi connectivity index (χ4n) is 1.32. The minimum absolute atomic E-state index is 0.0849. The SMILES string of the molecule is CC(C)(C)OC(=O)N[C@@H]1CC[C@@H](N)CO1. The average molecular weight is 216 g/mol. The van der Waals surface area contributed by atoms with Crippen LogP contribution in [-0.2, 0) is 9.47 Å². The number of hydrogen-bond donors (Lipinski definition) is 2. The van der Waals surface area contributed by atoms with Crippen molar-refractivity contribution in [1.29, 1.82) is 0 Å². The molecule has 5 nitrogen and oxygen atoms in total. The van der Waals surface area contributed by atoms with Crippen LogP contribution in [-0.4, -0.2) is 30.6 Å². The molecule has 0 saturated carbocycles. The zero-order chi connectivity index (χ0) is 11.5. The number of rotatable bonds is 1. The lowest BCUT2D eigenvalue weighted by atomic mass is 10.1. The molecule has 1 aliphatic heterocycles. The lowest BCUT2D eigenvalue weighted by Crippen LogP contribution is -2.46. The van der Waals surface area contributed by atoms with Crippen molar-refractivity contribution in [1.82, 2.24) is 5.32 Å². The predicted molar refractivity (Wildman–Crippen MR) is 56.3 cm³/mol. The first-order valence-corrected chi connectivity index (χ1v) is 5.23. The van der Waals surface area contributed by atoms with Crippen molar-refractivity contribution < 1.29 is 14.3 Å². The van der Waals surface area contributed by atoms with Crippen molar-refractivity contribution in [2.45, 2.75) is 51.5 Å². The Labute approximate surface area is 90.3 Å². The number of nitrogens with one attached hydrogen (secondary N) is 1. The lowest BCUT2D eigenvalue weighted by Gasteiger charge is -2.28. The van der Waals surface area contributed by atoms with Gasteiger partial charge in [0.15, 0.2) is 0 Å². The third-order valence-corrected chi connectivity index (χ3v) is 1.99. The summed E-state index contributed by atoms with van der Waals surface area (Å²) in [6.07, 6.45) is 0.892. The summed E-state index contributed by atoms with van der Waals surface area (Å²) in [4.78, 5) is 11.4. The zero-order valence-corrected chi connectivity index (χ0v) is 9.58. The Balaban J connectivity index is 2.27. The van der Waals surface area contributed by atoms with Gasteiger partial charge in [-0.2, -0.15) is 0 Å². The van der Waals surface area contributed by atoms with E-state index >= 15 is 0 Å². The van der Waals surface area contributed by atoms with Gasteiger partial charge >= 0.3 is 6.09 Å². The van der Waals surface area contributed by atoms with Crippen molar-refractivity contribution in [2.75, 3.05) is 6.61 Å². The number of hydrogen-bond acceptors (Lipinski definition) is 4. The summed E-state index contributed by atoms with van der Waals surface area (Å²) in [6, 6.07) is 0.0849. The highest BCUT2D eigenvalue weighted by Crippen LogP contribution is 2.11. The fourth-order valence-corrected chi connectivity index (χ4v) is 1.32. The maximum absolute atomic E-state index is 11.4. The molecule has 1 saturated heterocycles. The van der Waals surface area contributed by atoms with Gasteiger partial charge in [0.1, 0.15) is 11.8 Å². The standard InChI is InChI=1S/C10H20N2O3/c1-10(2,3)15-9(13)12-8-5-4-7(11)6-14-8/h7-8H,4-6,11H2,1-3H3,(H,12,13)/t7-,8+/m1/s1. The van der Waals surface area contributed by atoms with Crippen molar-refractivity contribution >= 4 is 6.09 Å². The molecular formula is C10H20N2O3. The number of amides is 1. The molecule has 1 aliphatic rings. The van der Waals surface area contributed by atoms with E-state index in [1.165, 1.54) is 0 Å². The van der Waals surface area contributed by atoms with Crippen molar-refractivity contribution in [3.8, 4) is 0 Å². The summed E-state index contributed by atoms with van der Waals surface area (Å²) < 4.78 is 10.4. The number of ether oxygens (including phenoxy) is 2. The Morgan fingerprint density at radius 2 is 2.13 bits per heavy atom. The molecule has 0 aromatic rings. The number of nitrogens with two attached hydrogens (primary N) is 1. The summed E-state index contributed by atoms with van der Waals surface area (Å²) in [5.41, 5.74) is 5.18. The van der Waals surface area contributed by atoms with E-state index < -0.39 is 11.7 Å². The summed E-state index contributed by atoms with van der Waals surface area (Å²) in [7, 11) is 0. The van der Waals surface area contributed by atoms with Gasteiger partial charge in [0.25, 0.3) is 0 Å². The highest BCUT2D eigenvalue weighted by molar-refractivity contribution is 5.67. The third-order valence-electron chi connectivity index (χ3n) is 1.99. The molecule has 0 bridgehead atoms. The van der Waals surface area contributed by atoms with Crippen molar-refractivity contribution in [3.63, 3.8) is 0 Å². The smallest absolute Gasteiger partial charge is 0.409 e. The van der Waals surface area contributed by atoms with Gasteiger partial charge in [-0.3, -0.25) is 5.32 Å². The Hall–Kier alpha value is -0.810. The van der Waals surface area contributed by atoms with Gasteiger partial charge in [-0.25, -0.2) is 4.79 Å². The Morgan fingerprint density at radius 1 is 1.47 bits per heavy atom. The van der Waals surface area contributed by atoms with Crippen LogP contribution in [0.5, 0.6) is 0 Å². The number of alkyl carbamates (subject to hydrolysis) is 1. The molecular weight excluding hydrogens is 196 g/mol. The van der Waals surface area contributed by atoms with E-state index in [4.69, 9.17) is 15.2 Å². The molecule has 0 aromatic carbocycles. The van der Waals surface area contributed by atoms with Gasteiger partial charge in [0.2, 0.25) is 0 Å². The van der Waals surface area contributed by atoms with E-state index in [-0.39, 0.29) is 12.3 Å². The Bertz CT molecular complexity index is 217. The zero-order valence-electron chi connectivity index (χ0n) is 9.58. The minimum atomic E-state index is -0.477. The molecule has 1 amide bonds. The van der Waals surface area contributed by atoms with Gasteiger partial charge in [0, 0.05) is 6.04 Å². The van der Waals surface area contributed by atoms with Crippen LogP contribution in [0.25, 0.3) is 0 Å². The van der Waals surface area contributed by atoms with Gasteiger partial charge in [-0.15, -0.1) is 0 Å². The van der Waals surface area contributed by atoms with Gasteiger partial charge < -0.3 is 15.2 Å². The average Bonchev–Trinajstić information content (AvgIpc) is 2.05. The van der Waals surface area contributed by atoms with E-state index in [9.17, 15) is 4.79 Å². The lowest BCUT2D eigenvalue weighted by molar-refractivity contribution is -0.0239. The summed E-state index contributed by atoms with van der Waals surface area (Å²) in [5.74, 6) is 0. The third kappa shape index (κ3) is 4.99. The summed E-state index contributed by atoms with van der Waals surface area (Å²) in [5, 5.41) is 2.66. The molecule has 0 aliphatic carbocycles. The second-order valence-corrected chi connectivity index (χ2v) is 4.81. The van der Waals surface area contributed by atoms with Crippen molar-refractivity contribution in [3.05, 3.63) is 0 Å². The van der Waals surface area contributed by atoms with E-state index in [0.29, 0.717) is 6.61 Å². The molecule has 1 fully saturated rings. The largest absolute Gasteiger partial charge is 0.444 e. The monoisotopic (exact) mass is 216 g/mol. The van der Waals surface area contributed by atoms with Crippen LogP contribution in [0.1, 0.15) is 33.6 Å². The predicted octanol–water partition coefficient (Wildman–Crippen LogP) is 0.975. The van der Waals surface area contributed by atoms with Crippen LogP contribution in [0, 0.1) is 0 Å². The van der Waals surface area contributed by atoms with Crippen molar-refractivity contribution in [2.24, 2.45) is 5.73 Å². The van der Waals surface area contributed by atoms with E-state index in [2.05, 4.69) is 5.32 Å². The fraction of sp³-hybridized carbons (Fsp3) is 0.900. The van der Waals surface area contributed by atoms with E-state index in [0.717, 1.165) is 12.8 Å². The van der Waals surface area contributed by atoms with Gasteiger partial charge in [0.05, 0.1) is 6.61 Å². The highest BCUT2D eigenvalue weighted by Gasteiger charge is 2.23. The second-order valence-electron chi connectivity index (χ2n) is 4.81. The molecule has 2 atom stereocenters. The number of carbonyl (C=O) groups excluding carboxylic acids is 1. The van der Waals surface area contributed by atoms with E-state index in [1.54, 1.807) is 0 Å². The first kappa shape index (κ1) is 12.3. The molecule has 15 heavy (non-hydrogen) atoms. The van der Waals surface area contributed by atoms with E-state index in [1.807, 2.05) is 20.8 Å². The van der Waals surface area contributed by atoms with Gasteiger partial charge in [-0.05, 0) is 33.6 Å². The summed E-state index contributed by atoms with van der Waals surface area (Å²) in [6.45, 7) is 5.96. The molecule has 0 spiro atoms. The van der Waals surface area contributed by atoms with Crippen LogP contribution in [0.3, 0.4) is 0 Å². The van der Waals surface area contributed by atoms with Crippen LogP contribution in [0.15, 0.2) is 0 Å².